The fourth-order valence-corrected chi connectivity index (χ4v) is 4.25. The van der Waals surface area contributed by atoms with E-state index in [0.717, 1.165) is 34.8 Å². The van der Waals surface area contributed by atoms with E-state index in [1.165, 1.54) is 15.3 Å². The summed E-state index contributed by atoms with van der Waals surface area (Å²) < 4.78 is 16.7. The Morgan fingerprint density at radius 1 is 0.844 bits per heavy atom. The van der Waals surface area contributed by atoms with Crippen molar-refractivity contribution in [1.82, 2.24) is 4.98 Å². The smallest absolute Gasteiger partial charge is 0.161 e. The molecule has 0 radical (unpaired) electrons. The van der Waals surface area contributed by atoms with E-state index >= 15 is 0 Å². The third kappa shape index (κ3) is 5.56. The Labute approximate surface area is 192 Å². The Hall–Kier alpha value is -3.57. The molecule has 0 unspecified atom stereocenters. The van der Waals surface area contributed by atoms with Crippen LogP contribution < -0.4 is 14.2 Å². The largest absolute Gasteiger partial charge is 0.497 e. The van der Waals surface area contributed by atoms with Crippen LogP contribution >= 0.6 is 11.3 Å². The number of aromatic nitrogens is 1. The van der Waals surface area contributed by atoms with Gasteiger partial charge in [-0.3, -0.25) is 4.98 Å². The van der Waals surface area contributed by atoms with Crippen molar-refractivity contribution < 1.29 is 14.2 Å². The number of rotatable bonds is 9. The molecule has 0 saturated heterocycles. The first-order valence-corrected chi connectivity index (χ1v) is 11.2. The lowest BCUT2D eigenvalue weighted by Gasteiger charge is -2.11. The van der Waals surface area contributed by atoms with Gasteiger partial charge in [-0.25, -0.2) is 0 Å². The van der Waals surface area contributed by atoms with Crippen LogP contribution in [0.4, 0.5) is 0 Å². The van der Waals surface area contributed by atoms with E-state index in [1.807, 2.05) is 67.0 Å². The molecule has 0 bridgehead atoms. The van der Waals surface area contributed by atoms with Crippen LogP contribution in [0.1, 0.15) is 16.0 Å². The molecular weight excluding hydrogens is 418 g/mol. The van der Waals surface area contributed by atoms with Crippen LogP contribution in [0.15, 0.2) is 85.2 Å². The highest BCUT2D eigenvalue weighted by molar-refractivity contribution is 7.15. The molecule has 0 saturated carbocycles. The molecule has 5 heteroatoms. The van der Waals surface area contributed by atoms with Crippen LogP contribution in [0, 0.1) is 0 Å². The molecule has 0 N–H and O–H groups in total. The third-order valence-electron chi connectivity index (χ3n) is 5.00. The second kappa shape index (κ2) is 10.6. The van der Waals surface area contributed by atoms with Gasteiger partial charge in [0, 0.05) is 28.6 Å². The van der Waals surface area contributed by atoms with E-state index in [1.54, 1.807) is 25.6 Å². The number of thiophene rings is 1. The van der Waals surface area contributed by atoms with Crippen LogP contribution in [-0.4, -0.2) is 19.2 Å². The second-order valence-corrected chi connectivity index (χ2v) is 8.32. The molecule has 0 atom stereocenters. The summed E-state index contributed by atoms with van der Waals surface area (Å²) in [6.07, 6.45) is 8.82. The summed E-state index contributed by atoms with van der Waals surface area (Å²) >= 11 is 1.81. The van der Waals surface area contributed by atoms with Crippen molar-refractivity contribution in [3.05, 3.63) is 101 Å². The zero-order chi connectivity index (χ0) is 22.2. The number of ether oxygens (including phenoxy) is 3. The minimum absolute atomic E-state index is 0.466. The molecule has 4 nitrogen and oxygen atoms in total. The molecule has 0 aliphatic carbocycles. The van der Waals surface area contributed by atoms with Gasteiger partial charge in [0.05, 0.1) is 14.2 Å². The molecular formula is C27H25NO3S. The molecule has 0 aliphatic heterocycles. The highest BCUT2D eigenvalue weighted by Crippen LogP contribution is 2.30. The normalized spacial score (nSPS) is 10.9. The number of allylic oxidation sites excluding steroid dienone is 1. The van der Waals surface area contributed by atoms with Gasteiger partial charge in [0.25, 0.3) is 0 Å². The molecule has 0 aliphatic rings. The van der Waals surface area contributed by atoms with Gasteiger partial charge in [-0.05, 0) is 65.2 Å². The summed E-state index contributed by atoms with van der Waals surface area (Å²) in [6, 6.07) is 22.3. The average Bonchev–Trinajstić information content (AvgIpc) is 3.33. The molecule has 4 rings (SSSR count). The summed E-state index contributed by atoms with van der Waals surface area (Å²) in [5.74, 6) is 2.27. The van der Waals surface area contributed by atoms with E-state index in [9.17, 15) is 0 Å². The first-order chi connectivity index (χ1) is 15.7. The first-order valence-electron chi connectivity index (χ1n) is 10.3. The van der Waals surface area contributed by atoms with Crippen LogP contribution in [0.5, 0.6) is 17.2 Å². The zero-order valence-corrected chi connectivity index (χ0v) is 19.0. The molecule has 32 heavy (non-hydrogen) atoms. The van der Waals surface area contributed by atoms with Crippen LogP contribution in [-0.2, 0) is 13.0 Å². The third-order valence-corrected chi connectivity index (χ3v) is 6.15. The maximum absolute atomic E-state index is 5.97. The topological polar surface area (TPSA) is 40.6 Å². The number of benzene rings is 2. The van der Waals surface area contributed by atoms with Crippen LogP contribution in [0.2, 0.25) is 0 Å². The fourth-order valence-electron chi connectivity index (χ4n) is 3.26. The maximum Gasteiger partial charge on any atom is 0.161 e. The maximum atomic E-state index is 5.97. The molecule has 0 spiro atoms. The number of nitrogens with zero attached hydrogens (tertiary/aromatic N) is 1. The molecule has 4 aromatic rings. The summed E-state index contributed by atoms with van der Waals surface area (Å²) in [4.78, 5) is 6.66. The summed E-state index contributed by atoms with van der Waals surface area (Å²) in [6.45, 7) is 0.466. The van der Waals surface area contributed by atoms with Crippen molar-refractivity contribution in [3.8, 4) is 27.7 Å². The van der Waals surface area contributed by atoms with Crippen molar-refractivity contribution in [1.29, 1.82) is 0 Å². The van der Waals surface area contributed by atoms with Crippen molar-refractivity contribution >= 4 is 17.4 Å². The lowest BCUT2D eigenvalue weighted by atomic mass is 10.1. The van der Waals surface area contributed by atoms with E-state index in [4.69, 9.17) is 14.2 Å². The second-order valence-electron chi connectivity index (χ2n) is 7.16. The number of hydrogen-bond acceptors (Lipinski definition) is 5. The molecule has 2 aromatic carbocycles. The Morgan fingerprint density at radius 3 is 2.41 bits per heavy atom. The van der Waals surface area contributed by atoms with Gasteiger partial charge < -0.3 is 14.2 Å². The zero-order valence-electron chi connectivity index (χ0n) is 18.2. The Bertz CT molecular complexity index is 1170. The molecule has 162 valence electrons. The monoisotopic (exact) mass is 443 g/mol. The Morgan fingerprint density at radius 2 is 1.66 bits per heavy atom. The van der Waals surface area contributed by atoms with Crippen molar-refractivity contribution in [2.24, 2.45) is 0 Å². The van der Waals surface area contributed by atoms with Gasteiger partial charge in [0.15, 0.2) is 11.5 Å². The van der Waals surface area contributed by atoms with Crippen LogP contribution in [0.3, 0.4) is 0 Å². The first kappa shape index (κ1) is 21.7. The van der Waals surface area contributed by atoms with Crippen molar-refractivity contribution in [2.75, 3.05) is 14.2 Å². The molecule has 0 fully saturated rings. The van der Waals surface area contributed by atoms with Gasteiger partial charge in [-0.1, -0.05) is 30.4 Å². The minimum atomic E-state index is 0.466. The molecule has 2 heterocycles. The predicted octanol–water partition coefficient (Wildman–Crippen LogP) is 6.66. The van der Waals surface area contributed by atoms with Gasteiger partial charge in [-0.2, -0.15) is 0 Å². The molecule has 2 aromatic heterocycles. The average molecular weight is 444 g/mol. The number of hydrogen-bond donors (Lipinski definition) is 0. The standard InChI is InChI=1S/C27H25NO3S/c1-29-23-9-6-21(7-10-23)19-31-25-12-8-20(18-26(25)30-2)4-3-5-24-11-13-27(32-24)22-14-16-28-17-15-22/h3-4,6-18H,5,19H2,1-2H3/b4-3+. The van der Waals surface area contributed by atoms with Gasteiger partial charge >= 0.3 is 0 Å². The van der Waals surface area contributed by atoms with E-state index in [0.29, 0.717) is 6.61 Å². The summed E-state index contributed by atoms with van der Waals surface area (Å²) in [7, 11) is 3.32. The van der Waals surface area contributed by atoms with E-state index in [2.05, 4.69) is 29.3 Å². The predicted molar refractivity (Wildman–Crippen MR) is 131 cm³/mol. The van der Waals surface area contributed by atoms with Crippen molar-refractivity contribution in [3.63, 3.8) is 0 Å². The summed E-state index contributed by atoms with van der Waals surface area (Å²) in [5.41, 5.74) is 3.35. The SMILES string of the molecule is COc1ccc(COc2ccc(/C=C/Cc3ccc(-c4ccncc4)s3)cc2OC)cc1. The highest BCUT2D eigenvalue weighted by atomic mass is 32.1. The van der Waals surface area contributed by atoms with Crippen molar-refractivity contribution in [2.45, 2.75) is 13.0 Å². The minimum Gasteiger partial charge on any atom is -0.497 e. The number of methoxy groups -OCH3 is 2. The van der Waals surface area contributed by atoms with Gasteiger partial charge in [0.1, 0.15) is 12.4 Å². The lowest BCUT2D eigenvalue weighted by Crippen LogP contribution is -1.98. The Kier molecular flexibility index (Phi) is 7.20. The summed E-state index contributed by atoms with van der Waals surface area (Å²) in [5, 5.41) is 0. The van der Waals surface area contributed by atoms with E-state index < -0.39 is 0 Å². The van der Waals surface area contributed by atoms with Crippen LogP contribution in [0.25, 0.3) is 16.5 Å². The van der Waals surface area contributed by atoms with E-state index in [-0.39, 0.29) is 0 Å². The number of pyridine rings is 1. The van der Waals surface area contributed by atoms with Gasteiger partial charge in [-0.15, -0.1) is 11.3 Å². The quantitative estimate of drug-likeness (QED) is 0.290. The lowest BCUT2D eigenvalue weighted by molar-refractivity contribution is 0.284. The Balaban J connectivity index is 1.37. The molecule has 0 amide bonds. The fraction of sp³-hybridized carbons (Fsp3) is 0.148. The van der Waals surface area contributed by atoms with Gasteiger partial charge in [0.2, 0.25) is 0 Å². The highest BCUT2D eigenvalue weighted by Gasteiger charge is 2.06.